The molecule has 1 N–H and O–H groups in total. The number of nitrogens with one attached hydrogen (secondary N) is 1. The molecule has 0 fully saturated rings. The van der Waals surface area contributed by atoms with Crippen LogP contribution in [0, 0.1) is 0 Å². The molecular formula is C22H16N2O3. The van der Waals surface area contributed by atoms with Gasteiger partial charge in [0.1, 0.15) is 0 Å². The maximum atomic E-state index is 12.9. The van der Waals surface area contributed by atoms with Gasteiger partial charge in [-0.05, 0) is 23.8 Å². The number of ketones is 1. The Bertz CT molecular complexity index is 1240. The SMILES string of the molecule is O=C(c1ccccc1)c1ccc2[nH]c(=O)n(Cc3ccccc3)c(=O)c2c1. The fourth-order valence-corrected chi connectivity index (χ4v) is 3.06. The Labute approximate surface area is 154 Å². The summed E-state index contributed by atoms with van der Waals surface area (Å²) < 4.78 is 1.15. The highest BCUT2D eigenvalue weighted by atomic mass is 16.2. The minimum absolute atomic E-state index is 0.168. The van der Waals surface area contributed by atoms with Crippen molar-refractivity contribution < 1.29 is 4.79 Å². The van der Waals surface area contributed by atoms with Gasteiger partial charge in [0.05, 0.1) is 17.4 Å². The summed E-state index contributed by atoms with van der Waals surface area (Å²) in [4.78, 5) is 40.6. The summed E-state index contributed by atoms with van der Waals surface area (Å²) in [5.74, 6) is -0.169. The molecule has 0 aliphatic heterocycles. The monoisotopic (exact) mass is 356 g/mol. The molecule has 0 aliphatic carbocycles. The molecule has 4 aromatic rings. The van der Waals surface area contributed by atoms with E-state index in [0.29, 0.717) is 22.0 Å². The van der Waals surface area contributed by atoms with Crippen LogP contribution < -0.4 is 11.2 Å². The molecule has 0 atom stereocenters. The van der Waals surface area contributed by atoms with Crippen LogP contribution in [0.4, 0.5) is 0 Å². The van der Waals surface area contributed by atoms with Crippen molar-refractivity contribution in [3.63, 3.8) is 0 Å². The fraction of sp³-hybridized carbons (Fsp3) is 0.0455. The lowest BCUT2D eigenvalue weighted by Gasteiger charge is -2.08. The molecule has 0 aliphatic rings. The standard InChI is InChI=1S/C22H16N2O3/c25-20(16-9-5-2-6-10-16)17-11-12-19-18(13-17)21(26)24(22(27)23-19)14-15-7-3-1-4-8-15/h1-13H,14H2,(H,23,27). The number of hydrogen-bond donors (Lipinski definition) is 1. The molecule has 4 rings (SSSR count). The number of H-pyrrole nitrogens is 1. The molecule has 5 nitrogen and oxygen atoms in total. The van der Waals surface area contributed by atoms with Gasteiger partial charge in [0, 0.05) is 11.1 Å². The van der Waals surface area contributed by atoms with Crippen molar-refractivity contribution in [2.45, 2.75) is 6.54 Å². The summed E-state index contributed by atoms with van der Waals surface area (Å²) >= 11 is 0. The molecule has 27 heavy (non-hydrogen) atoms. The highest BCUT2D eigenvalue weighted by Crippen LogP contribution is 2.14. The first-order chi connectivity index (χ1) is 13.1. The summed E-state index contributed by atoms with van der Waals surface area (Å²) in [6, 6.07) is 22.9. The first-order valence-corrected chi connectivity index (χ1v) is 8.54. The van der Waals surface area contributed by atoms with Gasteiger partial charge in [0.15, 0.2) is 5.78 Å². The molecule has 1 heterocycles. The van der Waals surface area contributed by atoms with Crippen LogP contribution in [-0.2, 0) is 6.54 Å². The Balaban J connectivity index is 1.82. The highest BCUT2D eigenvalue weighted by molar-refractivity contribution is 6.10. The number of aromatic amines is 1. The van der Waals surface area contributed by atoms with Gasteiger partial charge in [-0.25, -0.2) is 4.79 Å². The molecule has 0 saturated carbocycles. The summed E-state index contributed by atoms with van der Waals surface area (Å²) in [6.45, 7) is 0.168. The Morgan fingerprint density at radius 2 is 1.48 bits per heavy atom. The van der Waals surface area contributed by atoms with E-state index in [2.05, 4.69) is 4.98 Å². The van der Waals surface area contributed by atoms with Crippen molar-refractivity contribution in [3.8, 4) is 0 Å². The number of hydrogen-bond acceptors (Lipinski definition) is 3. The van der Waals surface area contributed by atoms with Gasteiger partial charge in [0.25, 0.3) is 5.56 Å². The van der Waals surface area contributed by atoms with Crippen molar-refractivity contribution in [2.24, 2.45) is 0 Å². The van der Waals surface area contributed by atoms with Gasteiger partial charge in [-0.1, -0.05) is 60.7 Å². The van der Waals surface area contributed by atoms with E-state index in [-0.39, 0.29) is 12.3 Å². The van der Waals surface area contributed by atoms with Crippen molar-refractivity contribution >= 4 is 16.7 Å². The first-order valence-electron chi connectivity index (χ1n) is 8.54. The van der Waals surface area contributed by atoms with E-state index in [4.69, 9.17) is 0 Å². The van der Waals surface area contributed by atoms with Gasteiger partial charge in [0.2, 0.25) is 0 Å². The quantitative estimate of drug-likeness (QED) is 0.572. The van der Waals surface area contributed by atoms with Crippen LogP contribution in [0.1, 0.15) is 21.5 Å². The second-order valence-corrected chi connectivity index (χ2v) is 6.26. The number of aromatic nitrogens is 2. The minimum Gasteiger partial charge on any atom is -0.307 e. The third-order valence-corrected chi connectivity index (χ3v) is 4.46. The minimum atomic E-state index is -0.474. The Morgan fingerprint density at radius 1 is 0.815 bits per heavy atom. The number of carbonyl (C=O) groups excluding carboxylic acids is 1. The zero-order valence-corrected chi connectivity index (χ0v) is 14.4. The molecule has 0 saturated heterocycles. The number of fused-ring (bicyclic) bond motifs is 1. The maximum Gasteiger partial charge on any atom is 0.329 e. The smallest absolute Gasteiger partial charge is 0.307 e. The molecule has 132 valence electrons. The van der Waals surface area contributed by atoms with Crippen LogP contribution in [0.2, 0.25) is 0 Å². The molecule has 0 unspecified atom stereocenters. The van der Waals surface area contributed by atoms with Gasteiger partial charge < -0.3 is 4.98 Å². The van der Waals surface area contributed by atoms with Crippen LogP contribution in [0.5, 0.6) is 0 Å². The topological polar surface area (TPSA) is 71.9 Å². The lowest BCUT2D eigenvalue weighted by molar-refractivity contribution is 0.103. The number of carbonyl (C=O) groups is 1. The molecule has 0 bridgehead atoms. The van der Waals surface area contributed by atoms with Crippen molar-refractivity contribution in [3.05, 3.63) is 116 Å². The molecular weight excluding hydrogens is 340 g/mol. The van der Waals surface area contributed by atoms with E-state index in [1.165, 1.54) is 0 Å². The van der Waals surface area contributed by atoms with Crippen LogP contribution >= 0.6 is 0 Å². The average Bonchev–Trinajstić information content (AvgIpc) is 2.72. The lowest BCUT2D eigenvalue weighted by atomic mass is 10.0. The van der Waals surface area contributed by atoms with E-state index in [1.54, 1.807) is 42.5 Å². The highest BCUT2D eigenvalue weighted by Gasteiger charge is 2.13. The Kier molecular flexibility index (Phi) is 4.26. The zero-order chi connectivity index (χ0) is 18.8. The van der Waals surface area contributed by atoms with Gasteiger partial charge in [-0.2, -0.15) is 0 Å². The van der Waals surface area contributed by atoms with Crippen LogP contribution in [0.25, 0.3) is 10.9 Å². The van der Waals surface area contributed by atoms with E-state index in [9.17, 15) is 14.4 Å². The van der Waals surface area contributed by atoms with E-state index in [0.717, 1.165) is 10.1 Å². The molecule has 0 radical (unpaired) electrons. The second-order valence-electron chi connectivity index (χ2n) is 6.26. The number of rotatable bonds is 4. The maximum absolute atomic E-state index is 12.9. The molecule has 1 aromatic heterocycles. The Morgan fingerprint density at radius 3 is 2.19 bits per heavy atom. The van der Waals surface area contributed by atoms with Crippen molar-refractivity contribution in [2.75, 3.05) is 0 Å². The lowest BCUT2D eigenvalue weighted by Crippen LogP contribution is -2.35. The summed E-state index contributed by atoms with van der Waals surface area (Å²) in [5, 5.41) is 0.312. The molecule has 0 amide bonds. The average molecular weight is 356 g/mol. The third-order valence-electron chi connectivity index (χ3n) is 4.46. The zero-order valence-electron chi connectivity index (χ0n) is 14.4. The van der Waals surface area contributed by atoms with Gasteiger partial charge in [-0.3, -0.25) is 14.2 Å². The summed E-state index contributed by atoms with van der Waals surface area (Å²) in [5.41, 5.74) is 1.33. The fourth-order valence-electron chi connectivity index (χ4n) is 3.06. The van der Waals surface area contributed by atoms with Crippen LogP contribution in [-0.4, -0.2) is 15.3 Å². The molecule has 3 aromatic carbocycles. The number of nitrogens with zero attached hydrogens (tertiary/aromatic N) is 1. The predicted molar refractivity (Wildman–Crippen MR) is 104 cm³/mol. The van der Waals surface area contributed by atoms with Gasteiger partial charge in [-0.15, -0.1) is 0 Å². The normalized spacial score (nSPS) is 10.8. The van der Waals surface area contributed by atoms with E-state index >= 15 is 0 Å². The number of benzene rings is 3. The first kappa shape index (κ1) is 16.7. The van der Waals surface area contributed by atoms with Crippen molar-refractivity contribution in [1.82, 2.24) is 9.55 Å². The second kappa shape index (κ2) is 6.88. The Hall–Kier alpha value is -3.73. The summed E-state index contributed by atoms with van der Waals surface area (Å²) in [6.07, 6.45) is 0. The predicted octanol–water partition coefficient (Wildman–Crippen LogP) is 2.97. The summed E-state index contributed by atoms with van der Waals surface area (Å²) in [7, 11) is 0. The molecule has 0 spiro atoms. The van der Waals surface area contributed by atoms with Crippen molar-refractivity contribution in [1.29, 1.82) is 0 Å². The van der Waals surface area contributed by atoms with Crippen LogP contribution in [0.15, 0.2) is 88.5 Å². The van der Waals surface area contributed by atoms with Crippen LogP contribution in [0.3, 0.4) is 0 Å². The largest absolute Gasteiger partial charge is 0.329 e. The van der Waals surface area contributed by atoms with E-state index < -0.39 is 11.2 Å². The van der Waals surface area contributed by atoms with Gasteiger partial charge >= 0.3 is 5.69 Å². The third kappa shape index (κ3) is 3.22. The molecule has 5 heteroatoms. The van der Waals surface area contributed by atoms with E-state index in [1.807, 2.05) is 36.4 Å².